The molecule has 5 unspecified atom stereocenters. The van der Waals surface area contributed by atoms with Gasteiger partial charge in [-0.2, -0.15) is 0 Å². The van der Waals surface area contributed by atoms with Gasteiger partial charge in [-0.25, -0.2) is 0 Å². The van der Waals surface area contributed by atoms with Crippen LogP contribution in [0, 0.1) is 21.4 Å². The van der Waals surface area contributed by atoms with Crippen molar-refractivity contribution in [1.82, 2.24) is 20.1 Å². The van der Waals surface area contributed by atoms with Crippen molar-refractivity contribution in [3.8, 4) is 5.75 Å². The number of methoxy groups -OCH3 is 2. The number of H-pyrrole nitrogens is 1. The molecule has 1 aliphatic carbocycles. The van der Waals surface area contributed by atoms with E-state index in [9.17, 15) is 25.4 Å². The first-order valence-electron chi connectivity index (χ1n) is 24.4. The molecule has 6 heterocycles. The van der Waals surface area contributed by atoms with E-state index in [1.165, 1.54) is 19.2 Å². The van der Waals surface area contributed by atoms with Crippen LogP contribution in [0.1, 0.15) is 68.3 Å². The predicted octanol–water partition coefficient (Wildman–Crippen LogP) is 5.33. The second-order valence-electron chi connectivity index (χ2n) is 20.5. The molecule has 1 aromatic heterocycles. The van der Waals surface area contributed by atoms with Crippen molar-refractivity contribution in [2.24, 2.45) is 16.4 Å². The fourth-order valence-electron chi connectivity index (χ4n) is 14.5. The summed E-state index contributed by atoms with van der Waals surface area (Å²) in [6.07, 6.45) is 5.24. The van der Waals surface area contributed by atoms with Crippen molar-refractivity contribution in [3.05, 3.63) is 110 Å². The number of hydrogen-bond acceptors (Lipinski definition) is 14. The highest BCUT2D eigenvalue weighted by Crippen LogP contribution is 2.67. The zero-order valence-electron chi connectivity index (χ0n) is 40.3. The lowest BCUT2D eigenvalue weighted by atomic mass is 9.47. The Kier molecular flexibility index (Phi) is 11.7. The molecule has 370 valence electrons. The minimum absolute atomic E-state index is 0.0149. The molecule has 10 rings (SSSR count). The molecule has 10 atom stereocenters. The van der Waals surface area contributed by atoms with Crippen molar-refractivity contribution in [2.45, 2.75) is 92.6 Å². The van der Waals surface area contributed by atoms with Crippen LogP contribution in [0.5, 0.6) is 5.75 Å². The highest BCUT2D eigenvalue weighted by atomic mass is 16.6. The van der Waals surface area contributed by atoms with Crippen molar-refractivity contribution < 1.29 is 39.3 Å². The number of nitro benzene ring substituents is 1. The first kappa shape index (κ1) is 47.5. The number of rotatable bonds is 12. The Labute approximate surface area is 405 Å². The van der Waals surface area contributed by atoms with Gasteiger partial charge in [-0.1, -0.05) is 55.4 Å². The molecule has 5 aliphatic heterocycles. The lowest BCUT2D eigenvalue weighted by Gasteiger charge is -2.63. The molecule has 1 amide bonds. The maximum Gasteiger partial charge on any atom is 0.322 e. The number of azide groups is 1. The van der Waals surface area contributed by atoms with Gasteiger partial charge in [0.05, 0.1) is 30.8 Å². The minimum Gasteiger partial charge on any atom is -0.496 e. The highest BCUT2D eigenvalue weighted by Gasteiger charge is 2.78. The molecule has 19 heteroatoms. The Bertz CT molecular complexity index is 2870. The van der Waals surface area contributed by atoms with Gasteiger partial charge >= 0.3 is 5.97 Å². The van der Waals surface area contributed by atoms with Crippen LogP contribution in [-0.2, 0) is 31.6 Å². The number of amides is 1. The maximum absolute atomic E-state index is 15.5. The summed E-state index contributed by atoms with van der Waals surface area (Å²) >= 11 is 0. The number of aliphatic hydroxyl groups is 3. The third-order valence-corrected chi connectivity index (χ3v) is 17.3. The predicted molar refractivity (Wildman–Crippen MR) is 262 cm³/mol. The Morgan fingerprint density at radius 3 is 2.57 bits per heavy atom. The van der Waals surface area contributed by atoms with Crippen molar-refractivity contribution >= 4 is 45.5 Å². The molecule has 2 saturated heterocycles. The maximum atomic E-state index is 15.5. The largest absolute Gasteiger partial charge is 0.496 e. The number of aromatic amines is 1. The third-order valence-electron chi connectivity index (χ3n) is 17.3. The topological polar surface area (TPSA) is 255 Å². The molecule has 6 N–H and O–H groups in total. The van der Waals surface area contributed by atoms with Gasteiger partial charge in [-0.05, 0) is 85.8 Å². The number of anilines is 2. The van der Waals surface area contributed by atoms with Gasteiger partial charge in [-0.15, -0.1) is 0 Å². The number of carbonyl (C=O) groups excluding carboxylic acids is 2. The average molecular weight is 959 g/mol. The molecule has 3 aromatic carbocycles. The van der Waals surface area contributed by atoms with Gasteiger partial charge in [0, 0.05) is 114 Å². The van der Waals surface area contributed by atoms with E-state index in [1.54, 1.807) is 7.11 Å². The zero-order chi connectivity index (χ0) is 49.5. The molecular weight excluding hydrogens is 897 g/mol. The summed E-state index contributed by atoms with van der Waals surface area (Å²) in [6.45, 7) is 6.99. The Morgan fingerprint density at radius 2 is 1.84 bits per heavy atom. The molecule has 4 aromatic rings. The highest BCUT2D eigenvalue weighted by molar-refractivity contribution is 5.95. The van der Waals surface area contributed by atoms with Crippen LogP contribution in [0.15, 0.2) is 71.9 Å². The van der Waals surface area contributed by atoms with E-state index in [0.29, 0.717) is 87.5 Å². The summed E-state index contributed by atoms with van der Waals surface area (Å²) in [6, 6.07) is 14.7. The lowest BCUT2D eigenvalue weighted by Crippen LogP contribution is -2.81. The van der Waals surface area contributed by atoms with Crippen LogP contribution in [0.3, 0.4) is 0 Å². The van der Waals surface area contributed by atoms with Crippen LogP contribution < -0.4 is 20.3 Å². The minimum atomic E-state index is -2.42. The number of para-hydroxylation sites is 1. The molecule has 1 spiro atoms. The molecule has 6 aliphatic rings. The summed E-state index contributed by atoms with van der Waals surface area (Å²) < 4.78 is 12.4. The Balaban J connectivity index is 1.13. The number of carbonyl (C=O) groups is 2. The zero-order valence-corrected chi connectivity index (χ0v) is 40.3. The standard InChI is InChI=1S/C51H62N10O9/c1-6-47(65)26-30-27-50(46(64)70-5,41-33(15-21-59(28-30)29-47)32-11-8-9-12-36(32)55-41)35-24-34-38(25-40(35)69-4)58(3)43-49(34)17-22-60-20-10-16-48(7-2,42(49)60)44(62)51(43,66)45(63)54-19-18-53-37-14-13-31(56-57-52)23-39(37)61(67)68/h8-14,16,23-25,30,42-44,53,55,62,65-66H,6-7,15,17-22,26-29H2,1-5H3,(H,54,63)/t30-,42?,43?,44?,47-,48+,49?,50-,51+/m0/s1. The monoisotopic (exact) mass is 958 g/mol. The quantitative estimate of drug-likeness (QED) is 0.0154. The first-order valence-corrected chi connectivity index (χ1v) is 24.4. The summed E-state index contributed by atoms with van der Waals surface area (Å²) in [4.78, 5) is 55.0. The van der Waals surface area contributed by atoms with Crippen molar-refractivity contribution in [2.75, 3.05) is 77.3 Å². The van der Waals surface area contributed by atoms with Crippen molar-refractivity contribution in [1.29, 1.82) is 0 Å². The lowest BCUT2D eigenvalue weighted by molar-refractivity contribution is -0.383. The number of aromatic nitrogens is 1. The molecule has 19 nitrogen and oxygen atoms in total. The Hall–Kier alpha value is -6.21. The molecule has 2 bridgehead atoms. The number of nitro groups is 1. The average Bonchev–Trinajstić information content (AvgIpc) is 4.02. The van der Waals surface area contributed by atoms with E-state index in [4.69, 9.17) is 15.0 Å². The van der Waals surface area contributed by atoms with E-state index in [0.717, 1.165) is 28.1 Å². The molecule has 0 radical (unpaired) electrons. The van der Waals surface area contributed by atoms with E-state index < -0.39 is 56.4 Å². The van der Waals surface area contributed by atoms with Crippen LogP contribution >= 0.6 is 0 Å². The molecular formula is C51H62N10O9. The van der Waals surface area contributed by atoms with E-state index in [-0.39, 0.29) is 48.5 Å². The van der Waals surface area contributed by atoms with E-state index in [1.807, 2.05) is 62.2 Å². The molecule has 1 saturated carbocycles. The SMILES string of the molecule is CC[C@]1(O)C[C@@H]2CN(CCc3c([nH]c4ccccc34)[C@@](C(=O)OC)(c3cc4c(cc3OC)N(C)C3C45CCN4CC=C[C@](CC)(C45)C(O)[C@@]3(O)C(=O)NCCNc3ccc(N=[N+]=[N-])cc3[N+](=O)[O-])C2)C1. The van der Waals surface area contributed by atoms with E-state index in [2.05, 4.69) is 47.6 Å². The van der Waals surface area contributed by atoms with Crippen LogP contribution in [0.4, 0.5) is 22.7 Å². The number of nitrogens with zero attached hydrogens (tertiary/aromatic N) is 7. The van der Waals surface area contributed by atoms with Crippen LogP contribution in [-0.4, -0.2) is 143 Å². The number of esters is 1. The smallest absolute Gasteiger partial charge is 0.322 e. The summed E-state index contributed by atoms with van der Waals surface area (Å²) in [5, 5.41) is 60.8. The fourth-order valence-corrected chi connectivity index (χ4v) is 14.5. The molecule has 70 heavy (non-hydrogen) atoms. The third kappa shape index (κ3) is 6.69. The Morgan fingerprint density at radius 1 is 1.04 bits per heavy atom. The summed E-state index contributed by atoms with van der Waals surface area (Å²) in [5.74, 6) is -1.01. The number of fused-ring (bicyclic) bond motifs is 6. The van der Waals surface area contributed by atoms with Crippen LogP contribution in [0.2, 0.25) is 0 Å². The number of benzene rings is 3. The fraction of sp³-hybridized carbons (Fsp3) is 0.529. The summed E-state index contributed by atoms with van der Waals surface area (Å²) in [5.41, 5.74) is 6.45. The van der Waals surface area contributed by atoms with Gasteiger partial charge in [0.1, 0.15) is 23.0 Å². The second-order valence-corrected chi connectivity index (χ2v) is 20.5. The first-order chi connectivity index (χ1) is 33.6. The normalized spacial score (nSPS) is 32.8. The number of piperidine rings is 1. The number of likely N-dealkylation sites (N-methyl/N-ethyl adjacent to an activating group) is 1. The van der Waals surface area contributed by atoms with Crippen LogP contribution in [0.25, 0.3) is 21.3 Å². The number of ether oxygens (including phenoxy) is 2. The van der Waals surface area contributed by atoms with E-state index >= 15 is 9.59 Å². The second kappa shape index (κ2) is 17.3. The number of aliphatic hydroxyl groups excluding tert-OH is 1. The van der Waals surface area contributed by atoms with Gasteiger partial charge in [0.2, 0.25) is 0 Å². The van der Waals surface area contributed by atoms with Gasteiger partial charge in [0.25, 0.3) is 11.6 Å². The van der Waals surface area contributed by atoms with Gasteiger partial charge in [0.15, 0.2) is 5.60 Å². The number of nitrogens with one attached hydrogen (secondary N) is 3. The van der Waals surface area contributed by atoms with Crippen molar-refractivity contribution in [3.63, 3.8) is 0 Å². The summed E-state index contributed by atoms with van der Waals surface area (Å²) in [7, 11) is 4.82. The van der Waals surface area contributed by atoms with Gasteiger partial charge in [-0.3, -0.25) is 29.5 Å². The molecule has 3 fully saturated rings. The van der Waals surface area contributed by atoms with Gasteiger partial charge < -0.3 is 45.3 Å². The number of hydrogen-bond donors (Lipinski definition) is 6.